The summed E-state index contributed by atoms with van der Waals surface area (Å²) >= 11 is 0. The molecule has 0 aromatic rings. The zero-order valence-electron chi connectivity index (χ0n) is 12.0. The van der Waals surface area contributed by atoms with E-state index >= 15 is 0 Å². The van der Waals surface area contributed by atoms with Crippen LogP contribution in [0.4, 0.5) is 0 Å². The Labute approximate surface area is 146 Å². The second-order valence-electron chi connectivity index (χ2n) is 3.63. The fraction of sp³-hybridized carbons (Fsp3) is 0.833. The average Bonchev–Trinajstić information content (AvgIpc) is 2.31. The fourth-order valence-corrected chi connectivity index (χ4v) is 2.52. The molecule has 0 aliphatic rings. The number of hydrogen-bond acceptors (Lipinski definition) is 10. The van der Waals surface area contributed by atoms with Crippen LogP contribution in [0.1, 0.15) is 1.43 Å². The van der Waals surface area contributed by atoms with Crippen molar-refractivity contribution < 1.29 is 94.0 Å². The van der Waals surface area contributed by atoms with Crippen LogP contribution in [-0.2, 0) is 22.8 Å². The van der Waals surface area contributed by atoms with E-state index in [0.29, 0.717) is 0 Å². The van der Waals surface area contributed by atoms with Crippen LogP contribution in [0.2, 0.25) is 0 Å². The SMILES string of the molecule is O=C(OP(=O)(O)OP(=O)(O)O)[C@H](O)[C@@H](O)[C@H](O)[C@H](O)CO.[H-].[Na+]. The van der Waals surface area contributed by atoms with E-state index < -0.39 is 52.6 Å². The molecular weight excluding hydrogens is 365 g/mol. The van der Waals surface area contributed by atoms with E-state index in [1.807, 2.05) is 0 Å². The van der Waals surface area contributed by atoms with Crippen molar-refractivity contribution in [1.82, 2.24) is 0 Å². The molecule has 128 valence electrons. The third-order valence-electron chi connectivity index (χ3n) is 1.91. The van der Waals surface area contributed by atoms with E-state index in [2.05, 4.69) is 8.83 Å². The summed E-state index contributed by atoms with van der Waals surface area (Å²) in [6.07, 6.45) is -9.29. The first-order chi connectivity index (χ1) is 9.30. The van der Waals surface area contributed by atoms with Gasteiger partial charge in [-0.3, -0.25) is 4.89 Å². The van der Waals surface area contributed by atoms with Crippen molar-refractivity contribution >= 4 is 21.6 Å². The molecular formula is C6H15NaO13P2. The third kappa shape index (κ3) is 9.01. The van der Waals surface area contributed by atoms with Crippen LogP contribution >= 0.6 is 15.6 Å². The van der Waals surface area contributed by atoms with Gasteiger partial charge >= 0.3 is 51.2 Å². The van der Waals surface area contributed by atoms with Crippen LogP contribution in [-0.4, -0.2) is 77.2 Å². The molecule has 0 fully saturated rings. The van der Waals surface area contributed by atoms with Gasteiger partial charge in [0.15, 0.2) is 6.10 Å². The molecule has 0 bridgehead atoms. The average molecular weight is 380 g/mol. The predicted octanol–water partition coefficient (Wildman–Crippen LogP) is -6.71. The van der Waals surface area contributed by atoms with Crippen LogP contribution in [0, 0.1) is 0 Å². The summed E-state index contributed by atoms with van der Waals surface area (Å²) in [4.78, 5) is 36.5. The molecule has 5 atom stereocenters. The molecule has 0 radical (unpaired) electrons. The number of phosphoric ester groups is 1. The Morgan fingerprint density at radius 3 is 1.86 bits per heavy atom. The van der Waals surface area contributed by atoms with E-state index in [4.69, 9.17) is 24.9 Å². The molecule has 0 spiro atoms. The summed E-state index contributed by atoms with van der Waals surface area (Å²) in [6, 6.07) is 0. The number of phosphoric acid groups is 2. The number of hydrogen-bond donors (Lipinski definition) is 8. The van der Waals surface area contributed by atoms with Gasteiger partial charge in [0.2, 0.25) is 0 Å². The Kier molecular flexibility index (Phi) is 11.0. The van der Waals surface area contributed by atoms with Gasteiger partial charge in [-0.05, 0) is 0 Å². The summed E-state index contributed by atoms with van der Waals surface area (Å²) < 4.78 is 28.1. The quantitative estimate of drug-likeness (QED) is 0.145. The van der Waals surface area contributed by atoms with Gasteiger partial charge in [-0.1, -0.05) is 0 Å². The van der Waals surface area contributed by atoms with E-state index in [-0.39, 0.29) is 31.0 Å². The second kappa shape index (κ2) is 9.77. The van der Waals surface area contributed by atoms with Gasteiger partial charge < -0.3 is 41.3 Å². The van der Waals surface area contributed by atoms with Crippen molar-refractivity contribution in [2.24, 2.45) is 0 Å². The van der Waals surface area contributed by atoms with E-state index in [0.717, 1.165) is 0 Å². The standard InChI is InChI=1S/C6H14O13P2.Na.H/c7-1-2(8)3(9)4(10)5(11)6(12)18-21(16,17)19-20(13,14)15;;/h2-5,7-11H,1H2,(H,16,17)(H2,13,14,15);;/q;+1;-1/t2-,3-,4+,5-;;/m1../s1. The van der Waals surface area contributed by atoms with Gasteiger partial charge in [-0.2, -0.15) is 4.31 Å². The first-order valence-corrected chi connectivity index (χ1v) is 7.99. The van der Waals surface area contributed by atoms with Crippen LogP contribution in [0.3, 0.4) is 0 Å². The molecule has 0 saturated heterocycles. The molecule has 16 heteroatoms. The molecule has 0 aliphatic heterocycles. The molecule has 0 aliphatic carbocycles. The van der Waals surface area contributed by atoms with Gasteiger partial charge in [0, 0.05) is 0 Å². The Bertz CT molecular complexity index is 456. The van der Waals surface area contributed by atoms with Crippen molar-refractivity contribution in [3.8, 4) is 0 Å². The molecule has 0 rings (SSSR count). The van der Waals surface area contributed by atoms with E-state index in [9.17, 15) is 29.2 Å². The molecule has 13 nitrogen and oxygen atoms in total. The van der Waals surface area contributed by atoms with Gasteiger partial charge in [0.05, 0.1) is 6.61 Å². The third-order valence-corrected chi connectivity index (χ3v) is 4.00. The van der Waals surface area contributed by atoms with Crippen molar-refractivity contribution in [3.63, 3.8) is 0 Å². The molecule has 1 unspecified atom stereocenters. The molecule has 8 N–H and O–H groups in total. The van der Waals surface area contributed by atoms with Gasteiger partial charge in [-0.25, -0.2) is 13.9 Å². The molecule has 0 saturated carbocycles. The first-order valence-electron chi connectivity index (χ1n) is 4.97. The molecule has 0 amide bonds. The van der Waals surface area contributed by atoms with E-state index in [1.165, 1.54) is 0 Å². The van der Waals surface area contributed by atoms with Crippen molar-refractivity contribution in [1.29, 1.82) is 0 Å². The van der Waals surface area contributed by atoms with Crippen LogP contribution in [0.15, 0.2) is 0 Å². The van der Waals surface area contributed by atoms with Crippen molar-refractivity contribution in [2.75, 3.05) is 6.61 Å². The summed E-state index contributed by atoms with van der Waals surface area (Å²) in [7, 11) is -11.1. The minimum Gasteiger partial charge on any atom is -1.00 e. The largest absolute Gasteiger partial charge is 1.00 e. The zero-order valence-corrected chi connectivity index (χ0v) is 14.8. The fourth-order valence-electron chi connectivity index (χ4n) is 0.981. The maximum absolute atomic E-state index is 11.1. The van der Waals surface area contributed by atoms with Gasteiger partial charge in [0.1, 0.15) is 18.3 Å². The number of aliphatic hydroxyl groups excluding tert-OH is 5. The van der Waals surface area contributed by atoms with Crippen molar-refractivity contribution in [3.05, 3.63) is 0 Å². The minimum atomic E-state index is -5.60. The molecule has 0 aromatic heterocycles. The van der Waals surface area contributed by atoms with Crippen molar-refractivity contribution in [2.45, 2.75) is 24.4 Å². The Balaban J connectivity index is -0.00000200. The van der Waals surface area contributed by atoms with Crippen LogP contribution in [0.5, 0.6) is 0 Å². The smallest absolute Gasteiger partial charge is 1.00 e. The number of aliphatic hydroxyl groups is 5. The normalized spacial score (nSPS) is 20.0. The topological polar surface area (TPSA) is 232 Å². The maximum Gasteiger partial charge on any atom is 1.00 e. The van der Waals surface area contributed by atoms with Crippen LogP contribution < -0.4 is 29.6 Å². The second-order valence-corrected chi connectivity index (χ2v) is 6.38. The zero-order chi connectivity index (χ0) is 17.0. The number of carbonyl (C=O) groups excluding carboxylic acids is 1. The monoisotopic (exact) mass is 380 g/mol. The maximum atomic E-state index is 11.1. The van der Waals surface area contributed by atoms with Gasteiger partial charge in [-0.15, -0.1) is 0 Å². The van der Waals surface area contributed by atoms with Gasteiger partial charge in [0.25, 0.3) is 0 Å². The van der Waals surface area contributed by atoms with E-state index in [1.54, 1.807) is 0 Å². The Hall–Kier alpha value is 0.570. The summed E-state index contributed by atoms with van der Waals surface area (Å²) in [5.41, 5.74) is 0. The Morgan fingerprint density at radius 1 is 1.05 bits per heavy atom. The molecule has 22 heavy (non-hydrogen) atoms. The van der Waals surface area contributed by atoms with Crippen LogP contribution in [0.25, 0.3) is 0 Å². The molecule has 0 heterocycles. The Morgan fingerprint density at radius 2 is 1.50 bits per heavy atom. The predicted molar refractivity (Wildman–Crippen MR) is 61.3 cm³/mol. The number of carbonyl (C=O) groups is 1. The first kappa shape index (κ1) is 24.8. The molecule has 0 aromatic carbocycles. The minimum absolute atomic E-state index is 0. The number of rotatable bonds is 8. The summed E-state index contributed by atoms with van der Waals surface area (Å²) in [6.45, 7) is -1.04. The summed E-state index contributed by atoms with van der Waals surface area (Å²) in [5.74, 6) is -2.08. The summed E-state index contributed by atoms with van der Waals surface area (Å²) in [5, 5.41) is 45.1.